The van der Waals surface area contributed by atoms with Gasteiger partial charge in [-0.3, -0.25) is 4.79 Å². The van der Waals surface area contributed by atoms with Gasteiger partial charge < -0.3 is 10.6 Å². The van der Waals surface area contributed by atoms with Crippen LogP contribution in [-0.4, -0.2) is 16.1 Å². The maximum absolute atomic E-state index is 13.7. The summed E-state index contributed by atoms with van der Waals surface area (Å²) >= 11 is 0. The second-order valence-electron chi connectivity index (χ2n) is 6.00. The normalized spacial score (nSPS) is 11.7. The molecule has 0 aliphatic heterocycles. The lowest BCUT2D eigenvalue weighted by Crippen LogP contribution is -2.15. The van der Waals surface area contributed by atoms with Gasteiger partial charge in [0.25, 0.3) is 5.91 Å². The minimum absolute atomic E-state index is 0.150. The van der Waals surface area contributed by atoms with Gasteiger partial charge in [-0.15, -0.1) is 10.2 Å². The third kappa shape index (κ3) is 4.22. The number of para-hydroxylation sites is 1. The summed E-state index contributed by atoms with van der Waals surface area (Å²) in [5.74, 6) is -0.0613. The van der Waals surface area contributed by atoms with Gasteiger partial charge in [0.1, 0.15) is 11.6 Å². The molecular weight excluding hydrogens is 331 g/mol. The molecule has 0 bridgehead atoms. The average molecular weight is 350 g/mol. The smallest absolute Gasteiger partial charge is 0.276 e. The van der Waals surface area contributed by atoms with Crippen molar-refractivity contribution in [1.29, 1.82) is 0 Å². The summed E-state index contributed by atoms with van der Waals surface area (Å²) in [5.41, 5.74) is 2.32. The Hall–Kier alpha value is -3.28. The van der Waals surface area contributed by atoms with Crippen LogP contribution >= 0.6 is 0 Å². The first-order valence-electron chi connectivity index (χ1n) is 8.25. The van der Waals surface area contributed by atoms with Crippen LogP contribution in [-0.2, 0) is 0 Å². The van der Waals surface area contributed by atoms with Gasteiger partial charge in [0.05, 0.1) is 6.04 Å². The first kappa shape index (κ1) is 17.5. The van der Waals surface area contributed by atoms with E-state index in [1.54, 1.807) is 37.3 Å². The fourth-order valence-corrected chi connectivity index (χ4v) is 2.43. The number of hydrogen-bond donors (Lipinski definition) is 2. The Morgan fingerprint density at radius 2 is 1.81 bits per heavy atom. The molecule has 3 rings (SSSR count). The number of benzene rings is 2. The van der Waals surface area contributed by atoms with Crippen LogP contribution < -0.4 is 10.6 Å². The zero-order valence-electron chi connectivity index (χ0n) is 14.5. The number of nitrogens with one attached hydrogen (secondary N) is 2. The molecule has 0 aliphatic carbocycles. The molecule has 0 spiro atoms. The number of halogens is 1. The Bertz CT molecular complexity index is 897. The highest BCUT2D eigenvalue weighted by molar-refractivity contribution is 6.02. The van der Waals surface area contributed by atoms with E-state index in [4.69, 9.17) is 0 Å². The summed E-state index contributed by atoms with van der Waals surface area (Å²) < 4.78 is 13.7. The molecule has 26 heavy (non-hydrogen) atoms. The van der Waals surface area contributed by atoms with Gasteiger partial charge >= 0.3 is 0 Å². The quantitative estimate of drug-likeness (QED) is 0.718. The maximum atomic E-state index is 13.7. The molecule has 2 aromatic carbocycles. The maximum Gasteiger partial charge on any atom is 0.276 e. The number of carbonyl (C=O) groups is 1. The fourth-order valence-electron chi connectivity index (χ4n) is 2.43. The largest absolute Gasteiger partial charge is 0.362 e. The zero-order chi connectivity index (χ0) is 18.5. The molecule has 1 atom stereocenters. The lowest BCUT2D eigenvalue weighted by atomic mass is 10.1. The number of aromatic nitrogens is 2. The van der Waals surface area contributed by atoms with Gasteiger partial charge in [0, 0.05) is 5.69 Å². The van der Waals surface area contributed by atoms with Crippen LogP contribution in [0.3, 0.4) is 0 Å². The van der Waals surface area contributed by atoms with Gasteiger partial charge in [-0.1, -0.05) is 30.3 Å². The molecular formula is C20H19FN4O. The Balaban J connectivity index is 1.65. The van der Waals surface area contributed by atoms with Crippen molar-refractivity contribution >= 4 is 17.4 Å². The van der Waals surface area contributed by atoms with Gasteiger partial charge in [0.2, 0.25) is 0 Å². The number of hydrogen-bond acceptors (Lipinski definition) is 4. The Morgan fingerprint density at radius 1 is 1.04 bits per heavy atom. The monoisotopic (exact) mass is 350 g/mol. The number of nitrogens with zero attached hydrogens (tertiary/aromatic N) is 2. The van der Waals surface area contributed by atoms with E-state index >= 15 is 0 Å². The fraction of sp³-hybridized carbons (Fsp3) is 0.150. The van der Waals surface area contributed by atoms with Crippen molar-refractivity contribution in [3.63, 3.8) is 0 Å². The second-order valence-corrected chi connectivity index (χ2v) is 6.00. The van der Waals surface area contributed by atoms with Gasteiger partial charge in [0.15, 0.2) is 5.69 Å². The van der Waals surface area contributed by atoms with Crippen molar-refractivity contribution in [1.82, 2.24) is 10.2 Å². The van der Waals surface area contributed by atoms with Crippen LogP contribution in [0.4, 0.5) is 15.9 Å². The molecule has 0 saturated heterocycles. The average Bonchev–Trinajstić information content (AvgIpc) is 2.65. The third-order valence-electron chi connectivity index (χ3n) is 3.99. The zero-order valence-corrected chi connectivity index (χ0v) is 14.5. The molecule has 6 heteroatoms. The predicted octanol–water partition coefficient (Wildman–Crippen LogP) is 4.35. The summed E-state index contributed by atoms with van der Waals surface area (Å²) in [4.78, 5) is 12.2. The topological polar surface area (TPSA) is 66.9 Å². The minimum atomic E-state index is -0.330. The molecule has 0 fully saturated rings. The van der Waals surface area contributed by atoms with Crippen molar-refractivity contribution in [2.75, 3.05) is 10.6 Å². The second kappa shape index (κ2) is 7.74. The van der Waals surface area contributed by atoms with Crippen molar-refractivity contribution in [2.45, 2.75) is 19.9 Å². The summed E-state index contributed by atoms with van der Waals surface area (Å²) in [7, 11) is 0. The Labute approximate surface area is 151 Å². The van der Waals surface area contributed by atoms with E-state index in [0.29, 0.717) is 17.1 Å². The third-order valence-corrected chi connectivity index (χ3v) is 3.99. The number of rotatable bonds is 5. The predicted molar refractivity (Wildman–Crippen MR) is 99.6 cm³/mol. The highest BCUT2D eigenvalue weighted by Gasteiger charge is 2.11. The molecule has 2 N–H and O–H groups in total. The molecule has 0 radical (unpaired) electrons. The molecule has 0 saturated carbocycles. The molecule has 1 aromatic heterocycles. The van der Waals surface area contributed by atoms with Crippen molar-refractivity contribution in [2.24, 2.45) is 0 Å². The van der Waals surface area contributed by atoms with Crippen molar-refractivity contribution in [3.8, 4) is 0 Å². The SMILES string of the molecule is Cc1ccc(C(C)Nc2ccc(C(=O)Nc3ccccc3)nn2)cc1F. The van der Waals surface area contributed by atoms with Crippen LogP contribution in [0.1, 0.15) is 34.6 Å². The van der Waals surface area contributed by atoms with E-state index in [1.165, 1.54) is 6.07 Å². The molecule has 1 heterocycles. The van der Waals surface area contributed by atoms with E-state index in [0.717, 1.165) is 5.56 Å². The summed E-state index contributed by atoms with van der Waals surface area (Å²) in [5, 5.41) is 13.9. The standard InChI is InChI=1S/C20H19FN4O/c1-13-8-9-15(12-17(13)21)14(2)22-19-11-10-18(24-25-19)20(26)23-16-6-4-3-5-7-16/h3-12,14H,1-2H3,(H,22,25)(H,23,26). The first-order chi connectivity index (χ1) is 12.5. The highest BCUT2D eigenvalue weighted by Crippen LogP contribution is 2.20. The minimum Gasteiger partial charge on any atom is -0.362 e. The van der Waals surface area contributed by atoms with Crippen LogP contribution in [0.15, 0.2) is 60.7 Å². The van der Waals surface area contributed by atoms with Gasteiger partial charge in [-0.2, -0.15) is 0 Å². The number of anilines is 2. The van der Waals surface area contributed by atoms with Crippen LogP contribution in [0.25, 0.3) is 0 Å². The summed E-state index contributed by atoms with van der Waals surface area (Å²) in [6.07, 6.45) is 0. The summed E-state index contributed by atoms with van der Waals surface area (Å²) in [6.45, 7) is 3.63. The molecule has 5 nitrogen and oxygen atoms in total. The van der Waals surface area contributed by atoms with E-state index in [-0.39, 0.29) is 23.5 Å². The molecule has 132 valence electrons. The molecule has 3 aromatic rings. The molecule has 1 unspecified atom stereocenters. The van der Waals surface area contributed by atoms with Crippen molar-refractivity contribution < 1.29 is 9.18 Å². The number of aryl methyl sites for hydroxylation is 1. The van der Waals surface area contributed by atoms with Crippen LogP contribution in [0, 0.1) is 12.7 Å². The molecule has 0 aliphatic rings. The van der Waals surface area contributed by atoms with E-state index < -0.39 is 0 Å². The van der Waals surface area contributed by atoms with Crippen molar-refractivity contribution in [3.05, 3.63) is 83.3 Å². The highest BCUT2D eigenvalue weighted by atomic mass is 19.1. The van der Waals surface area contributed by atoms with E-state index in [9.17, 15) is 9.18 Å². The Morgan fingerprint density at radius 3 is 2.46 bits per heavy atom. The number of carbonyl (C=O) groups excluding carboxylic acids is 1. The lowest BCUT2D eigenvalue weighted by Gasteiger charge is -2.15. The molecule has 1 amide bonds. The number of amides is 1. The summed E-state index contributed by atoms with van der Waals surface area (Å²) in [6, 6.07) is 17.4. The van der Waals surface area contributed by atoms with Gasteiger partial charge in [-0.05, 0) is 55.3 Å². The van der Waals surface area contributed by atoms with E-state index in [2.05, 4.69) is 20.8 Å². The van der Waals surface area contributed by atoms with E-state index in [1.807, 2.05) is 31.2 Å². The van der Waals surface area contributed by atoms with Crippen LogP contribution in [0.2, 0.25) is 0 Å². The van der Waals surface area contributed by atoms with Crippen LogP contribution in [0.5, 0.6) is 0 Å². The Kier molecular flexibility index (Phi) is 5.22. The lowest BCUT2D eigenvalue weighted by molar-refractivity contribution is 0.102. The first-order valence-corrected chi connectivity index (χ1v) is 8.25. The van der Waals surface area contributed by atoms with Gasteiger partial charge in [-0.25, -0.2) is 4.39 Å².